The van der Waals surface area contributed by atoms with Crippen molar-refractivity contribution in [1.29, 1.82) is 0 Å². The molecular formula is C11H16BrN. The number of hydrogen-bond acceptors (Lipinski definition) is 1. The van der Waals surface area contributed by atoms with E-state index in [1.165, 1.54) is 11.3 Å². The van der Waals surface area contributed by atoms with Crippen LogP contribution in [-0.2, 0) is 6.42 Å². The van der Waals surface area contributed by atoms with E-state index in [0.717, 1.165) is 6.42 Å². The van der Waals surface area contributed by atoms with Crippen LogP contribution >= 0.6 is 15.9 Å². The highest BCUT2D eigenvalue weighted by molar-refractivity contribution is 9.09. The number of pyridine rings is 1. The summed E-state index contributed by atoms with van der Waals surface area (Å²) in [5.41, 5.74) is 2.49. The van der Waals surface area contributed by atoms with Gasteiger partial charge in [-0.25, -0.2) is 0 Å². The van der Waals surface area contributed by atoms with Crippen molar-refractivity contribution in [2.24, 2.45) is 5.92 Å². The van der Waals surface area contributed by atoms with Crippen LogP contribution in [0.1, 0.15) is 25.1 Å². The molecule has 0 aliphatic heterocycles. The van der Waals surface area contributed by atoms with Crippen LogP contribution in [0.4, 0.5) is 0 Å². The van der Waals surface area contributed by atoms with Gasteiger partial charge < -0.3 is 0 Å². The Balaban J connectivity index is 2.69. The molecule has 1 rings (SSSR count). The summed E-state index contributed by atoms with van der Waals surface area (Å²) >= 11 is 3.67. The number of alkyl halides is 1. The summed E-state index contributed by atoms with van der Waals surface area (Å²) in [6.07, 6.45) is 2.88. The zero-order valence-electron chi connectivity index (χ0n) is 8.42. The van der Waals surface area contributed by atoms with E-state index in [9.17, 15) is 0 Å². The average molecular weight is 242 g/mol. The fraction of sp³-hybridized carbons (Fsp3) is 0.545. The van der Waals surface area contributed by atoms with E-state index >= 15 is 0 Å². The van der Waals surface area contributed by atoms with Crippen molar-refractivity contribution in [2.75, 3.05) is 0 Å². The smallest absolute Gasteiger partial charge is 0.0443 e. The fourth-order valence-electron chi connectivity index (χ4n) is 1.15. The van der Waals surface area contributed by atoms with Crippen LogP contribution in [0.5, 0.6) is 0 Å². The zero-order valence-corrected chi connectivity index (χ0v) is 10.0. The van der Waals surface area contributed by atoms with E-state index < -0.39 is 0 Å². The van der Waals surface area contributed by atoms with Gasteiger partial charge >= 0.3 is 0 Å². The molecule has 0 aliphatic carbocycles. The monoisotopic (exact) mass is 241 g/mol. The molecule has 0 aromatic carbocycles. The Bertz CT molecular complexity index is 271. The van der Waals surface area contributed by atoms with E-state index in [2.05, 4.69) is 47.8 Å². The maximum Gasteiger partial charge on any atom is 0.0443 e. The van der Waals surface area contributed by atoms with Crippen LogP contribution in [0.3, 0.4) is 0 Å². The minimum Gasteiger partial charge on any atom is -0.261 e. The van der Waals surface area contributed by atoms with Crippen molar-refractivity contribution < 1.29 is 0 Å². The molecule has 0 saturated carbocycles. The van der Waals surface area contributed by atoms with Gasteiger partial charge in [0.25, 0.3) is 0 Å². The standard InChI is InChI=1S/C11H16BrN/c1-8(2)10(12)7-11-9(3)5-4-6-13-11/h4-6,8,10H,7H2,1-3H3. The topological polar surface area (TPSA) is 12.9 Å². The van der Waals surface area contributed by atoms with E-state index in [0.29, 0.717) is 10.7 Å². The first kappa shape index (κ1) is 10.7. The van der Waals surface area contributed by atoms with Gasteiger partial charge in [0.1, 0.15) is 0 Å². The average Bonchev–Trinajstić information content (AvgIpc) is 2.08. The molecule has 0 radical (unpaired) electrons. The molecule has 13 heavy (non-hydrogen) atoms. The first-order valence-corrected chi connectivity index (χ1v) is 5.57. The van der Waals surface area contributed by atoms with Crippen molar-refractivity contribution in [2.45, 2.75) is 32.0 Å². The van der Waals surface area contributed by atoms with Gasteiger partial charge in [0.15, 0.2) is 0 Å². The third-order valence-corrected chi connectivity index (χ3v) is 3.61. The highest BCUT2D eigenvalue weighted by Gasteiger charge is 2.11. The van der Waals surface area contributed by atoms with Gasteiger partial charge in [0.05, 0.1) is 0 Å². The minimum atomic E-state index is 0.529. The fourth-order valence-corrected chi connectivity index (χ4v) is 1.46. The molecule has 0 bridgehead atoms. The second-order valence-corrected chi connectivity index (χ2v) is 4.91. The Hall–Kier alpha value is -0.370. The van der Waals surface area contributed by atoms with Gasteiger partial charge in [-0.15, -0.1) is 0 Å². The Morgan fingerprint density at radius 2 is 2.15 bits per heavy atom. The molecule has 72 valence electrons. The van der Waals surface area contributed by atoms with Gasteiger partial charge in [0, 0.05) is 23.1 Å². The van der Waals surface area contributed by atoms with Crippen molar-refractivity contribution in [1.82, 2.24) is 4.98 Å². The van der Waals surface area contributed by atoms with Crippen LogP contribution in [0.2, 0.25) is 0 Å². The Kier molecular flexibility index (Phi) is 3.91. The lowest BCUT2D eigenvalue weighted by atomic mass is 10.0. The van der Waals surface area contributed by atoms with Gasteiger partial charge in [-0.1, -0.05) is 35.8 Å². The molecule has 0 N–H and O–H groups in total. The quantitative estimate of drug-likeness (QED) is 0.740. The molecule has 0 fully saturated rings. The van der Waals surface area contributed by atoms with E-state index in [1.54, 1.807) is 0 Å². The van der Waals surface area contributed by atoms with Crippen LogP contribution in [-0.4, -0.2) is 9.81 Å². The molecule has 1 heterocycles. The first-order valence-electron chi connectivity index (χ1n) is 4.66. The maximum atomic E-state index is 4.37. The molecule has 1 aromatic rings. The summed E-state index contributed by atoms with van der Waals surface area (Å²) < 4.78 is 0. The predicted octanol–water partition coefficient (Wildman–Crippen LogP) is 3.35. The van der Waals surface area contributed by atoms with Crippen LogP contribution in [0.25, 0.3) is 0 Å². The predicted molar refractivity (Wildman–Crippen MR) is 60.2 cm³/mol. The summed E-state index contributed by atoms with van der Waals surface area (Å²) in [6.45, 7) is 6.55. The highest BCUT2D eigenvalue weighted by atomic mass is 79.9. The molecule has 1 unspecified atom stereocenters. The molecule has 1 atom stereocenters. The molecule has 0 spiro atoms. The summed E-state index contributed by atoms with van der Waals surface area (Å²) in [5, 5.41) is 0. The normalized spacial score (nSPS) is 13.3. The van der Waals surface area contributed by atoms with E-state index in [1.807, 2.05) is 12.3 Å². The van der Waals surface area contributed by atoms with Crippen molar-refractivity contribution in [3.8, 4) is 0 Å². The lowest BCUT2D eigenvalue weighted by Gasteiger charge is -2.13. The lowest BCUT2D eigenvalue weighted by molar-refractivity contribution is 0.606. The number of hydrogen-bond donors (Lipinski definition) is 0. The van der Waals surface area contributed by atoms with Gasteiger partial charge in [-0.05, 0) is 24.5 Å². The summed E-state index contributed by atoms with van der Waals surface area (Å²) in [6, 6.07) is 4.10. The first-order chi connectivity index (χ1) is 6.11. The second kappa shape index (κ2) is 4.75. The van der Waals surface area contributed by atoms with Crippen LogP contribution in [0.15, 0.2) is 18.3 Å². The zero-order chi connectivity index (χ0) is 9.84. The summed E-state index contributed by atoms with van der Waals surface area (Å²) in [4.78, 5) is 4.90. The largest absolute Gasteiger partial charge is 0.261 e. The third kappa shape index (κ3) is 3.11. The highest BCUT2D eigenvalue weighted by Crippen LogP contribution is 2.18. The number of nitrogens with zero attached hydrogens (tertiary/aromatic N) is 1. The van der Waals surface area contributed by atoms with Crippen molar-refractivity contribution in [3.05, 3.63) is 29.6 Å². The number of rotatable bonds is 3. The Labute approximate surface area is 88.7 Å². The van der Waals surface area contributed by atoms with Crippen molar-refractivity contribution >= 4 is 15.9 Å². The minimum absolute atomic E-state index is 0.529. The summed E-state index contributed by atoms with van der Waals surface area (Å²) in [5.74, 6) is 0.654. The maximum absolute atomic E-state index is 4.37. The van der Waals surface area contributed by atoms with Crippen LogP contribution < -0.4 is 0 Å². The van der Waals surface area contributed by atoms with Crippen LogP contribution in [0, 0.1) is 12.8 Å². The van der Waals surface area contributed by atoms with Gasteiger partial charge in [-0.3, -0.25) is 4.98 Å². The van der Waals surface area contributed by atoms with Gasteiger partial charge in [0.2, 0.25) is 0 Å². The second-order valence-electron chi connectivity index (χ2n) is 3.73. The SMILES string of the molecule is Cc1cccnc1CC(Br)C(C)C. The molecule has 0 aliphatic rings. The Morgan fingerprint density at radius 3 is 2.69 bits per heavy atom. The number of halogens is 1. The van der Waals surface area contributed by atoms with E-state index in [-0.39, 0.29) is 0 Å². The van der Waals surface area contributed by atoms with E-state index in [4.69, 9.17) is 0 Å². The molecule has 0 amide bonds. The molecule has 2 heteroatoms. The lowest BCUT2D eigenvalue weighted by Crippen LogP contribution is -2.12. The molecule has 0 saturated heterocycles. The molecule has 1 nitrogen and oxygen atoms in total. The Morgan fingerprint density at radius 1 is 1.46 bits per heavy atom. The number of aryl methyl sites for hydroxylation is 1. The molecular weight excluding hydrogens is 226 g/mol. The van der Waals surface area contributed by atoms with Gasteiger partial charge in [-0.2, -0.15) is 0 Å². The third-order valence-electron chi connectivity index (χ3n) is 2.23. The van der Waals surface area contributed by atoms with Crippen molar-refractivity contribution in [3.63, 3.8) is 0 Å². The molecule has 1 aromatic heterocycles. The number of aromatic nitrogens is 1. The summed E-state index contributed by atoms with van der Waals surface area (Å²) in [7, 11) is 0.